The van der Waals surface area contributed by atoms with Crippen LogP contribution in [0, 0.1) is 5.92 Å². The van der Waals surface area contributed by atoms with Crippen molar-refractivity contribution in [3.05, 3.63) is 29.8 Å². The first-order valence-electron chi connectivity index (χ1n) is 8.42. The van der Waals surface area contributed by atoms with Crippen LogP contribution < -0.4 is 10.2 Å². The van der Waals surface area contributed by atoms with E-state index in [4.69, 9.17) is 0 Å². The van der Waals surface area contributed by atoms with Crippen LogP contribution in [0.5, 0.6) is 0 Å². The number of anilines is 1. The van der Waals surface area contributed by atoms with Gasteiger partial charge in [0, 0.05) is 24.8 Å². The van der Waals surface area contributed by atoms with Gasteiger partial charge < -0.3 is 15.3 Å². The smallest absolute Gasteiger partial charge is 0.0741 e. The van der Waals surface area contributed by atoms with Crippen molar-refractivity contribution in [1.82, 2.24) is 5.32 Å². The molecule has 0 aliphatic carbocycles. The van der Waals surface area contributed by atoms with Gasteiger partial charge in [0.05, 0.1) is 6.10 Å². The molecule has 1 aromatic rings. The summed E-state index contributed by atoms with van der Waals surface area (Å²) in [5.41, 5.74) is 2.66. The molecule has 3 atom stereocenters. The number of β-amino-alcohol motifs (C(OH)–C–C–N with tert-alkyl or cyclic N) is 1. The molecule has 3 unspecified atom stereocenters. The average Bonchev–Trinajstić information content (AvgIpc) is 2.51. The Morgan fingerprint density at radius 2 is 2.10 bits per heavy atom. The van der Waals surface area contributed by atoms with Crippen molar-refractivity contribution in [2.45, 2.75) is 52.2 Å². The fraction of sp³-hybridized carbons (Fsp3) is 0.667. The molecule has 0 spiro atoms. The number of hydrogen-bond donors (Lipinski definition) is 2. The first kappa shape index (κ1) is 16.3. The van der Waals surface area contributed by atoms with Gasteiger partial charge in [-0.1, -0.05) is 39.0 Å². The predicted octanol–water partition coefficient (Wildman–Crippen LogP) is 3.34. The maximum absolute atomic E-state index is 10.2. The second-order valence-corrected chi connectivity index (χ2v) is 6.25. The molecule has 2 N–H and O–H groups in total. The highest BCUT2D eigenvalue weighted by Crippen LogP contribution is 2.31. The number of nitrogens with one attached hydrogen (secondary N) is 1. The number of piperidine rings is 1. The fourth-order valence-electron chi connectivity index (χ4n) is 3.13. The Morgan fingerprint density at radius 1 is 1.33 bits per heavy atom. The summed E-state index contributed by atoms with van der Waals surface area (Å²) < 4.78 is 0. The quantitative estimate of drug-likeness (QED) is 0.843. The molecular weight excluding hydrogens is 260 g/mol. The third kappa shape index (κ3) is 3.98. The van der Waals surface area contributed by atoms with Gasteiger partial charge in [0.15, 0.2) is 0 Å². The van der Waals surface area contributed by atoms with Gasteiger partial charge in [0.2, 0.25) is 0 Å². The third-order valence-electron chi connectivity index (χ3n) is 4.62. The summed E-state index contributed by atoms with van der Waals surface area (Å²) >= 11 is 0. The highest BCUT2D eigenvalue weighted by Gasteiger charge is 2.26. The average molecular weight is 290 g/mol. The zero-order valence-corrected chi connectivity index (χ0v) is 13.7. The van der Waals surface area contributed by atoms with Crippen LogP contribution in [0.25, 0.3) is 0 Å². The van der Waals surface area contributed by atoms with Crippen LogP contribution in [0.4, 0.5) is 5.69 Å². The molecular formula is C18H30N2O. The molecule has 1 aliphatic heterocycles. The van der Waals surface area contributed by atoms with Gasteiger partial charge in [-0.15, -0.1) is 0 Å². The number of aliphatic hydroxyl groups is 1. The van der Waals surface area contributed by atoms with Gasteiger partial charge >= 0.3 is 0 Å². The van der Waals surface area contributed by atoms with Crippen molar-refractivity contribution in [3.8, 4) is 0 Å². The van der Waals surface area contributed by atoms with Gasteiger partial charge in [-0.2, -0.15) is 0 Å². The number of rotatable bonds is 6. The van der Waals surface area contributed by atoms with Gasteiger partial charge in [-0.05, 0) is 43.4 Å². The second-order valence-electron chi connectivity index (χ2n) is 6.25. The van der Waals surface area contributed by atoms with Crippen LogP contribution in [0.15, 0.2) is 24.3 Å². The lowest BCUT2D eigenvalue weighted by Gasteiger charge is -2.37. The lowest BCUT2D eigenvalue weighted by molar-refractivity contribution is 0.103. The molecule has 0 radical (unpaired) electrons. The third-order valence-corrected chi connectivity index (χ3v) is 4.62. The number of nitrogens with zero attached hydrogens (tertiary/aromatic N) is 1. The Kier molecular flexibility index (Phi) is 6.07. The highest BCUT2D eigenvalue weighted by atomic mass is 16.3. The second kappa shape index (κ2) is 7.81. The lowest BCUT2D eigenvalue weighted by Crippen LogP contribution is -2.43. The Hall–Kier alpha value is -1.06. The van der Waals surface area contributed by atoms with Gasteiger partial charge in [-0.3, -0.25) is 0 Å². The van der Waals surface area contributed by atoms with Crippen LogP contribution in [0.1, 0.15) is 51.6 Å². The molecule has 0 amide bonds. The van der Waals surface area contributed by atoms with E-state index in [1.165, 1.54) is 11.3 Å². The summed E-state index contributed by atoms with van der Waals surface area (Å²) in [4.78, 5) is 2.36. The van der Waals surface area contributed by atoms with Crippen LogP contribution in [-0.4, -0.2) is 30.8 Å². The summed E-state index contributed by atoms with van der Waals surface area (Å²) in [7, 11) is 0. The monoisotopic (exact) mass is 290 g/mol. The molecule has 21 heavy (non-hydrogen) atoms. The van der Waals surface area contributed by atoms with E-state index in [9.17, 15) is 5.11 Å². The molecule has 3 heteroatoms. The molecule has 3 nitrogen and oxygen atoms in total. The molecule has 0 aromatic heterocycles. The highest BCUT2D eigenvalue weighted by molar-refractivity contribution is 5.55. The van der Waals surface area contributed by atoms with E-state index in [-0.39, 0.29) is 6.10 Å². The summed E-state index contributed by atoms with van der Waals surface area (Å²) in [6.45, 7) is 9.42. The molecule has 2 rings (SSSR count). The SMILES string of the molecule is CCCNC(CC)c1ccccc1N1CCC(C)C(O)C1. The number of para-hydroxylation sites is 1. The van der Waals surface area contributed by atoms with Crippen molar-refractivity contribution in [3.63, 3.8) is 0 Å². The Bertz CT molecular complexity index is 435. The molecule has 1 aromatic carbocycles. The number of hydrogen-bond acceptors (Lipinski definition) is 3. The van der Waals surface area contributed by atoms with Crippen molar-refractivity contribution >= 4 is 5.69 Å². The lowest BCUT2D eigenvalue weighted by atomic mass is 9.94. The zero-order chi connectivity index (χ0) is 15.2. The summed E-state index contributed by atoms with van der Waals surface area (Å²) in [5.74, 6) is 0.411. The zero-order valence-electron chi connectivity index (χ0n) is 13.7. The standard InChI is InChI=1S/C18H30N2O/c1-4-11-19-16(5-2)15-8-6-7-9-17(15)20-12-10-14(3)18(21)13-20/h6-9,14,16,18-19,21H,4-5,10-13H2,1-3H3. The summed E-state index contributed by atoms with van der Waals surface area (Å²) in [6, 6.07) is 9.07. The Morgan fingerprint density at radius 3 is 2.76 bits per heavy atom. The fourth-order valence-corrected chi connectivity index (χ4v) is 3.13. The maximum atomic E-state index is 10.2. The summed E-state index contributed by atoms with van der Waals surface area (Å²) in [6.07, 6.45) is 3.09. The van der Waals surface area contributed by atoms with Crippen molar-refractivity contribution in [2.24, 2.45) is 5.92 Å². The van der Waals surface area contributed by atoms with Gasteiger partial charge in [-0.25, -0.2) is 0 Å². The Labute approximate surface area is 129 Å². The van der Waals surface area contributed by atoms with Crippen LogP contribution in [0.3, 0.4) is 0 Å². The van der Waals surface area contributed by atoms with Gasteiger partial charge in [0.1, 0.15) is 0 Å². The molecule has 118 valence electrons. The van der Waals surface area contributed by atoms with Gasteiger partial charge in [0.25, 0.3) is 0 Å². The molecule has 0 bridgehead atoms. The van der Waals surface area contributed by atoms with E-state index in [2.05, 4.69) is 55.3 Å². The normalized spacial score (nSPS) is 24.1. The van der Waals surface area contributed by atoms with E-state index in [1.807, 2.05) is 0 Å². The van der Waals surface area contributed by atoms with Crippen molar-refractivity contribution in [2.75, 3.05) is 24.5 Å². The topological polar surface area (TPSA) is 35.5 Å². The minimum Gasteiger partial charge on any atom is -0.391 e. The van der Waals surface area contributed by atoms with E-state index in [0.717, 1.165) is 38.9 Å². The molecule has 1 saturated heterocycles. The van der Waals surface area contributed by atoms with Crippen LogP contribution in [-0.2, 0) is 0 Å². The maximum Gasteiger partial charge on any atom is 0.0741 e. The van der Waals surface area contributed by atoms with Crippen molar-refractivity contribution < 1.29 is 5.11 Å². The number of benzene rings is 1. The predicted molar refractivity (Wildman–Crippen MR) is 89.8 cm³/mol. The molecule has 1 heterocycles. The minimum atomic E-state index is -0.213. The summed E-state index contributed by atoms with van der Waals surface area (Å²) in [5, 5.41) is 13.8. The molecule has 1 aliphatic rings. The van der Waals surface area contributed by atoms with Crippen LogP contribution >= 0.6 is 0 Å². The van der Waals surface area contributed by atoms with E-state index >= 15 is 0 Å². The van der Waals surface area contributed by atoms with Crippen LogP contribution in [0.2, 0.25) is 0 Å². The van der Waals surface area contributed by atoms with Crippen molar-refractivity contribution in [1.29, 1.82) is 0 Å². The minimum absolute atomic E-state index is 0.213. The molecule has 0 saturated carbocycles. The Balaban J connectivity index is 2.19. The molecule has 1 fully saturated rings. The first-order valence-corrected chi connectivity index (χ1v) is 8.42. The van der Waals surface area contributed by atoms with E-state index in [0.29, 0.717) is 12.0 Å². The van der Waals surface area contributed by atoms with E-state index in [1.54, 1.807) is 0 Å². The number of aliphatic hydroxyl groups excluding tert-OH is 1. The first-order chi connectivity index (χ1) is 10.2. The largest absolute Gasteiger partial charge is 0.391 e. The van der Waals surface area contributed by atoms with E-state index < -0.39 is 0 Å².